The molecule has 2 rings (SSSR count). The summed E-state index contributed by atoms with van der Waals surface area (Å²) in [5, 5.41) is 9.35. The van der Waals surface area contributed by atoms with E-state index in [1.165, 1.54) is 0 Å². The molecule has 0 amide bonds. The van der Waals surface area contributed by atoms with E-state index in [0.717, 1.165) is 0 Å². The van der Waals surface area contributed by atoms with Gasteiger partial charge in [-0.1, -0.05) is 12.1 Å². The normalized spacial score (nSPS) is 11.4. The van der Waals surface area contributed by atoms with E-state index in [9.17, 15) is 9.59 Å². The predicted molar refractivity (Wildman–Crippen MR) is 80.2 cm³/mol. The average molecular weight is 289 g/mol. The maximum atomic E-state index is 12.0. The summed E-state index contributed by atoms with van der Waals surface area (Å²) in [6, 6.07) is 7.33. The van der Waals surface area contributed by atoms with Crippen molar-refractivity contribution in [2.45, 2.75) is 32.9 Å². The quantitative estimate of drug-likeness (QED) is 0.843. The summed E-state index contributed by atoms with van der Waals surface area (Å²) >= 11 is 0. The second-order valence-corrected chi connectivity index (χ2v) is 5.24. The summed E-state index contributed by atoms with van der Waals surface area (Å²) in [4.78, 5) is 31.9. The van der Waals surface area contributed by atoms with Gasteiger partial charge in [-0.15, -0.1) is 0 Å². The number of carboxylic acids is 1. The minimum atomic E-state index is -0.833. The fourth-order valence-electron chi connectivity index (χ4n) is 2.16. The van der Waals surface area contributed by atoms with E-state index in [-0.39, 0.29) is 18.0 Å². The van der Waals surface area contributed by atoms with Gasteiger partial charge in [-0.3, -0.25) is 14.5 Å². The summed E-state index contributed by atoms with van der Waals surface area (Å²) in [6.07, 6.45) is 0.0655. The van der Waals surface area contributed by atoms with Crippen LogP contribution >= 0.6 is 0 Å². The molecule has 0 saturated carbocycles. The minimum Gasteiger partial charge on any atom is -0.481 e. The molecule has 0 atom stereocenters. The van der Waals surface area contributed by atoms with E-state index in [1.54, 1.807) is 18.2 Å². The third-order valence-electron chi connectivity index (χ3n) is 3.36. The lowest BCUT2D eigenvalue weighted by Crippen LogP contribution is -2.33. The van der Waals surface area contributed by atoms with Crippen molar-refractivity contribution in [2.75, 3.05) is 6.54 Å². The lowest BCUT2D eigenvalue weighted by Gasteiger charge is -2.25. The van der Waals surface area contributed by atoms with E-state index < -0.39 is 5.97 Å². The lowest BCUT2D eigenvalue weighted by molar-refractivity contribution is -0.137. The number of fused-ring (bicyclic) bond motifs is 1. The molecule has 1 aromatic heterocycles. The second kappa shape index (κ2) is 6.49. The fourth-order valence-corrected chi connectivity index (χ4v) is 2.16. The number of nitrogens with one attached hydrogen (secondary N) is 1. The molecule has 2 N–H and O–H groups in total. The zero-order valence-electron chi connectivity index (χ0n) is 12.2. The number of H-pyrrole nitrogens is 1. The van der Waals surface area contributed by atoms with Gasteiger partial charge in [0.25, 0.3) is 5.56 Å². The third kappa shape index (κ3) is 3.88. The second-order valence-electron chi connectivity index (χ2n) is 5.24. The first-order valence-corrected chi connectivity index (χ1v) is 6.91. The molecular weight excluding hydrogens is 270 g/mol. The number of para-hydroxylation sites is 1. The van der Waals surface area contributed by atoms with Gasteiger partial charge in [0.1, 0.15) is 5.82 Å². The highest BCUT2D eigenvalue weighted by Gasteiger charge is 2.14. The molecule has 0 radical (unpaired) electrons. The molecular formula is C15H19N3O3. The molecule has 0 saturated heterocycles. The zero-order valence-corrected chi connectivity index (χ0v) is 12.2. The topological polar surface area (TPSA) is 86.3 Å². The van der Waals surface area contributed by atoms with Gasteiger partial charge in [-0.25, -0.2) is 4.98 Å². The van der Waals surface area contributed by atoms with Crippen LogP contribution in [-0.4, -0.2) is 38.5 Å². The molecule has 0 fully saturated rings. The van der Waals surface area contributed by atoms with Crippen LogP contribution in [0.25, 0.3) is 10.9 Å². The number of nitrogens with zero attached hydrogens (tertiary/aromatic N) is 2. The molecule has 2 aromatic rings. The van der Waals surface area contributed by atoms with Gasteiger partial charge in [0.05, 0.1) is 23.9 Å². The first kappa shape index (κ1) is 15.2. The number of carbonyl (C=O) groups is 1. The lowest BCUT2D eigenvalue weighted by atomic mass is 10.2. The Balaban J connectivity index is 2.24. The van der Waals surface area contributed by atoms with E-state index in [1.807, 2.05) is 24.8 Å². The van der Waals surface area contributed by atoms with Crippen molar-refractivity contribution < 1.29 is 9.90 Å². The van der Waals surface area contributed by atoms with E-state index in [4.69, 9.17) is 5.11 Å². The number of rotatable bonds is 6. The number of aromatic amines is 1. The highest BCUT2D eigenvalue weighted by atomic mass is 16.4. The van der Waals surface area contributed by atoms with Gasteiger partial charge in [-0.2, -0.15) is 0 Å². The molecule has 0 aliphatic rings. The Bertz CT molecular complexity index is 694. The first-order valence-electron chi connectivity index (χ1n) is 6.91. The fraction of sp³-hybridized carbons (Fsp3) is 0.400. The molecule has 21 heavy (non-hydrogen) atoms. The average Bonchev–Trinajstić information content (AvgIpc) is 2.43. The number of hydrogen-bond donors (Lipinski definition) is 2. The molecule has 1 aromatic carbocycles. The molecule has 0 aliphatic carbocycles. The Morgan fingerprint density at radius 3 is 2.76 bits per heavy atom. The summed E-state index contributed by atoms with van der Waals surface area (Å²) in [6.45, 7) is 4.82. The third-order valence-corrected chi connectivity index (χ3v) is 3.36. The smallest absolute Gasteiger partial charge is 0.304 e. The van der Waals surface area contributed by atoms with Crippen molar-refractivity contribution in [3.63, 3.8) is 0 Å². The van der Waals surface area contributed by atoms with Crippen molar-refractivity contribution >= 4 is 16.9 Å². The summed E-state index contributed by atoms with van der Waals surface area (Å²) in [5.41, 5.74) is 0.482. The van der Waals surface area contributed by atoms with Crippen LogP contribution in [0.3, 0.4) is 0 Å². The number of hydrogen-bond acceptors (Lipinski definition) is 4. The largest absolute Gasteiger partial charge is 0.481 e. The van der Waals surface area contributed by atoms with Crippen molar-refractivity contribution in [3.05, 3.63) is 40.4 Å². The van der Waals surface area contributed by atoms with Crippen LogP contribution in [0, 0.1) is 0 Å². The van der Waals surface area contributed by atoms with Crippen LogP contribution in [0.15, 0.2) is 29.1 Å². The first-order chi connectivity index (χ1) is 9.97. The van der Waals surface area contributed by atoms with Gasteiger partial charge >= 0.3 is 5.97 Å². The SMILES string of the molecule is CC(C)N(CCC(=O)O)Cc1nc2ccccc2c(=O)[nH]1. The van der Waals surface area contributed by atoms with Crippen molar-refractivity contribution in [2.24, 2.45) is 0 Å². The van der Waals surface area contributed by atoms with Gasteiger partial charge in [0.15, 0.2) is 0 Å². The molecule has 112 valence electrons. The highest BCUT2D eigenvalue weighted by molar-refractivity contribution is 5.77. The number of aliphatic carboxylic acids is 1. The standard InChI is InChI=1S/C15H19N3O3/c1-10(2)18(8-7-14(19)20)9-13-16-12-6-4-3-5-11(12)15(21)17-13/h3-6,10H,7-9H2,1-2H3,(H,19,20)(H,16,17,21). The summed E-state index contributed by atoms with van der Waals surface area (Å²) < 4.78 is 0. The van der Waals surface area contributed by atoms with Crippen LogP contribution in [0.2, 0.25) is 0 Å². The van der Waals surface area contributed by atoms with Gasteiger partial charge < -0.3 is 10.1 Å². The summed E-state index contributed by atoms with van der Waals surface area (Å²) in [7, 11) is 0. The maximum absolute atomic E-state index is 12.0. The molecule has 6 heteroatoms. The van der Waals surface area contributed by atoms with Crippen molar-refractivity contribution in [1.82, 2.24) is 14.9 Å². The van der Waals surface area contributed by atoms with Crippen molar-refractivity contribution in [1.29, 1.82) is 0 Å². The van der Waals surface area contributed by atoms with E-state index in [2.05, 4.69) is 9.97 Å². The minimum absolute atomic E-state index is 0.0655. The van der Waals surface area contributed by atoms with Crippen LogP contribution < -0.4 is 5.56 Å². The molecule has 0 bridgehead atoms. The van der Waals surface area contributed by atoms with E-state index >= 15 is 0 Å². The predicted octanol–water partition coefficient (Wildman–Crippen LogP) is 1.61. The zero-order chi connectivity index (χ0) is 15.4. The van der Waals surface area contributed by atoms with Crippen molar-refractivity contribution in [3.8, 4) is 0 Å². The molecule has 1 heterocycles. The van der Waals surface area contributed by atoms with E-state index in [0.29, 0.717) is 29.8 Å². The molecule has 0 unspecified atom stereocenters. The van der Waals surface area contributed by atoms with Gasteiger partial charge in [0.2, 0.25) is 0 Å². The summed E-state index contributed by atoms with van der Waals surface area (Å²) in [5.74, 6) is -0.279. The Kier molecular flexibility index (Phi) is 4.70. The number of benzene rings is 1. The molecule has 0 aliphatic heterocycles. The van der Waals surface area contributed by atoms with Crippen LogP contribution in [0.5, 0.6) is 0 Å². The van der Waals surface area contributed by atoms with Crippen LogP contribution in [0.4, 0.5) is 0 Å². The molecule has 6 nitrogen and oxygen atoms in total. The maximum Gasteiger partial charge on any atom is 0.304 e. The Labute approximate surface area is 122 Å². The van der Waals surface area contributed by atoms with Crippen LogP contribution in [-0.2, 0) is 11.3 Å². The Morgan fingerprint density at radius 1 is 1.38 bits per heavy atom. The highest BCUT2D eigenvalue weighted by Crippen LogP contribution is 2.09. The van der Waals surface area contributed by atoms with Crippen LogP contribution in [0.1, 0.15) is 26.1 Å². The Hall–Kier alpha value is -2.21. The van der Waals surface area contributed by atoms with Gasteiger partial charge in [-0.05, 0) is 26.0 Å². The molecule has 0 spiro atoms. The monoisotopic (exact) mass is 289 g/mol. The number of carboxylic acid groups (broad SMARTS) is 1. The Morgan fingerprint density at radius 2 is 2.10 bits per heavy atom. The number of aromatic nitrogens is 2. The van der Waals surface area contributed by atoms with Gasteiger partial charge in [0, 0.05) is 12.6 Å².